The number of Topliss-reactive ketones (excluding diaryl/α,β-unsaturated/α-hetero) is 1. The maximum Gasteiger partial charge on any atom is 0.422 e. The quantitative estimate of drug-likeness (QED) is 0.797. The summed E-state index contributed by atoms with van der Waals surface area (Å²) in [5.41, 5.74) is 0.124. The van der Waals surface area contributed by atoms with Gasteiger partial charge in [-0.25, -0.2) is 0 Å². The van der Waals surface area contributed by atoms with Crippen LogP contribution >= 0.6 is 15.9 Å². The molecule has 0 aliphatic heterocycles. The van der Waals surface area contributed by atoms with E-state index in [9.17, 15) is 18.0 Å². The Bertz CT molecular complexity index is 402. The van der Waals surface area contributed by atoms with E-state index in [-0.39, 0.29) is 17.1 Å². The average molecular weight is 297 g/mol. The second kappa shape index (κ2) is 4.86. The van der Waals surface area contributed by atoms with Crippen molar-refractivity contribution in [3.05, 3.63) is 28.2 Å². The zero-order valence-corrected chi connectivity index (χ0v) is 9.85. The summed E-state index contributed by atoms with van der Waals surface area (Å²) in [5, 5.41) is 0. The number of alkyl halides is 3. The lowest BCUT2D eigenvalue weighted by Gasteiger charge is -2.13. The van der Waals surface area contributed by atoms with Crippen LogP contribution in [-0.4, -0.2) is 18.6 Å². The van der Waals surface area contributed by atoms with Crippen LogP contribution in [0.5, 0.6) is 5.75 Å². The Morgan fingerprint density at radius 2 is 2.06 bits per heavy atom. The monoisotopic (exact) mass is 296 g/mol. The molecule has 0 atom stereocenters. The fraction of sp³-hybridized carbons (Fsp3) is 0.300. The summed E-state index contributed by atoms with van der Waals surface area (Å²) in [4.78, 5) is 11.2. The van der Waals surface area contributed by atoms with E-state index in [1.807, 2.05) is 0 Å². The number of ketones is 1. The van der Waals surface area contributed by atoms with Crippen LogP contribution in [-0.2, 0) is 0 Å². The van der Waals surface area contributed by atoms with Gasteiger partial charge >= 0.3 is 6.18 Å². The van der Waals surface area contributed by atoms with Crippen LogP contribution in [0.3, 0.4) is 0 Å². The third-order valence-electron chi connectivity index (χ3n) is 1.73. The highest BCUT2D eigenvalue weighted by atomic mass is 79.9. The molecule has 2 nitrogen and oxygen atoms in total. The van der Waals surface area contributed by atoms with Gasteiger partial charge in [0.1, 0.15) is 5.75 Å². The first-order chi connectivity index (χ1) is 7.31. The predicted octanol–water partition coefficient (Wildman–Crippen LogP) is 3.59. The molecule has 0 unspecified atom stereocenters. The van der Waals surface area contributed by atoms with Crippen LogP contribution < -0.4 is 4.74 Å². The summed E-state index contributed by atoms with van der Waals surface area (Å²) in [6, 6.07) is 4.48. The van der Waals surface area contributed by atoms with E-state index < -0.39 is 12.8 Å². The van der Waals surface area contributed by atoms with Crippen molar-refractivity contribution in [1.29, 1.82) is 0 Å². The lowest BCUT2D eigenvalue weighted by atomic mass is 10.1. The van der Waals surface area contributed by atoms with Crippen LogP contribution in [0.25, 0.3) is 0 Å². The SMILES string of the molecule is CC(=O)c1cccc(Br)c1OCC(F)(F)F. The molecule has 16 heavy (non-hydrogen) atoms. The summed E-state index contributed by atoms with van der Waals surface area (Å²) < 4.78 is 40.9. The molecular weight excluding hydrogens is 289 g/mol. The molecule has 0 aliphatic rings. The van der Waals surface area contributed by atoms with Crippen LogP contribution in [0.15, 0.2) is 22.7 Å². The largest absolute Gasteiger partial charge is 0.482 e. The molecule has 6 heteroatoms. The smallest absolute Gasteiger partial charge is 0.422 e. The molecule has 0 spiro atoms. The van der Waals surface area contributed by atoms with Gasteiger partial charge in [-0.05, 0) is 35.0 Å². The molecule has 88 valence electrons. The average Bonchev–Trinajstić information content (AvgIpc) is 2.13. The number of hydrogen-bond acceptors (Lipinski definition) is 2. The van der Waals surface area contributed by atoms with Crippen molar-refractivity contribution >= 4 is 21.7 Å². The van der Waals surface area contributed by atoms with Crippen LogP contribution in [0, 0.1) is 0 Å². The number of hydrogen-bond donors (Lipinski definition) is 0. The molecule has 0 saturated heterocycles. The maximum atomic E-state index is 12.0. The normalized spacial score (nSPS) is 11.3. The highest BCUT2D eigenvalue weighted by molar-refractivity contribution is 9.10. The molecule has 0 saturated carbocycles. The Hall–Kier alpha value is -1.04. The van der Waals surface area contributed by atoms with Gasteiger partial charge < -0.3 is 4.74 Å². The zero-order chi connectivity index (χ0) is 12.3. The van der Waals surface area contributed by atoms with Gasteiger partial charge in [-0.3, -0.25) is 4.79 Å². The van der Waals surface area contributed by atoms with Gasteiger partial charge in [0.2, 0.25) is 0 Å². The Labute approximate surface area is 98.5 Å². The van der Waals surface area contributed by atoms with E-state index in [4.69, 9.17) is 0 Å². The maximum absolute atomic E-state index is 12.0. The van der Waals surface area contributed by atoms with Crippen molar-refractivity contribution < 1.29 is 22.7 Å². The molecule has 1 aromatic carbocycles. The minimum Gasteiger partial charge on any atom is -0.482 e. The molecule has 0 amide bonds. The lowest BCUT2D eigenvalue weighted by Crippen LogP contribution is -2.20. The van der Waals surface area contributed by atoms with Gasteiger partial charge in [-0.15, -0.1) is 0 Å². The van der Waals surface area contributed by atoms with Crippen molar-refractivity contribution in [2.24, 2.45) is 0 Å². The molecule has 0 heterocycles. The van der Waals surface area contributed by atoms with E-state index in [1.54, 1.807) is 6.07 Å². The molecule has 1 rings (SSSR count). The van der Waals surface area contributed by atoms with E-state index in [0.29, 0.717) is 4.47 Å². The van der Waals surface area contributed by atoms with Gasteiger partial charge in [-0.2, -0.15) is 13.2 Å². The summed E-state index contributed by atoms with van der Waals surface area (Å²) in [6.45, 7) is -0.155. The van der Waals surface area contributed by atoms with Crippen molar-refractivity contribution in [3.63, 3.8) is 0 Å². The number of para-hydroxylation sites is 1. The number of rotatable bonds is 3. The molecule has 1 aromatic rings. The zero-order valence-electron chi connectivity index (χ0n) is 8.27. The summed E-state index contributed by atoms with van der Waals surface area (Å²) in [7, 11) is 0. The molecule has 0 aliphatic carbocycles. The van der Waals surface area contributed by atoms with Crippen LogP contribution in [0.4, 0.5) is 13.2 Å². The summed E-state index contributed by atoms with van der Waals surface area (Å²) >= 11 is 3.04. The minimum absolute atomic E-state index is 0.0766. The highest BCUT2D eigenvalue weighted by Gasteiger charge is 2.29. The van der Waals surface area contributed by atoms with E-state index >= 15 is 0 Å². The van der Waals surface area contributed by atoms with E-state index in [0.717, 1.165) is 0 Å². The van der Waals surface area contributed by atoms with E-state index in [2.05, 4.69) is 20.7 Å². The van der Waals surface area contributed by atoms with Crippen molar-refractivity contribution in [2.75, 3.05) is 6.61 Å². The van der Waals surface area contributed by atoms with E-state index in [1.165, 1.54) is 19.1 Å². The van der Waals surface area contributed by atoms with Crippen molar-refractivity contribution in [3.8, 4) is 5.75 Å². The third-order valence-corrected chi connectivity index (χ3v) is 2.35. The first-order valence-corrected chi connectivity index (χ1v) is 5.09. The number of ether oxygens (including phenoxy) is 1. The van der Waals surface area contributed by atoms with Gasteiger partial charge in [0, 0.05) is 0 Å². The Morgan fingerprint density at radius 1 is 1.44 bits per heavy atom. The van der Waals surface area contributed by atoms with Crippen LogP contribution in [0.1, 0.15) is 17.3 Å². The fourth-order valence-corrected chi connectivity index (χ4v) is 1.57. The van der Waals surface area contributed by atoms with Crippen molar-refractivity contribution in [1.82, 2.24) is 0 Å². The highest BCUT2D eigenvalue weighted by Crippen LogP contribution is 2.30. The number of benzene rings is 1. The second-order valence-corrected chi connectivity index (χ2v) is 3.93. The Morgan fingerprint density at radius 3 is 2.56 bits per heavy atom. The molecule has 0 radical (unpaired) electrons. The molecule has 0 aromatic heterocycles. The third kappa shape index (κ3) is 3.52. The van der Waals surface area contributed by atoms with Gasteiger partial charge in [0.15, 0.2) is 12.4 Å². The minimum atomic E-state index is -4.43. The Balaban J connectivity index is 2.98. The Kier molecular flexibility index (Phi) is 3.96. The first-order valence-electron chi connectivity index (χ1n) is 4.30. The van der Waals surface area contributed by atoms with Gasteiger partial charge in [0.05, 0.1) is 10.0 Å². The fourth-order valence-electron chi connectivity index (χ4n) is 1.09. The number of carbonyl (C=O) groups excluding carboxylic acids is 1. The summed E-state index contributed by atoms with van der Waals surface area (Å²) in [5.74, 6) is -0.425. The second-order valence-electron chi connectivity index (χ2n) is 3.08. The number of halogens is 4. The summed E-state index contributed by atoms with van der Waals surface area (Å²) in [6.07, 6.45) is -4.43. The molecule has 0 bridgehead atoms. The molecular formula is C10H8BrF3O2. The number of carbonyl (C=O) groups is 1. The topological polar surface area (TPSA) is 26.3 Å². The van der Waals surface area contributed by atoms with Gasteiger partial charge in [0.25, 0.3) is 0 Å². The lowest BCUT2D eigenvalue weighted by molar-refractivity contribution is -0.153. The predicted molar refractivity (Wildman–Crippen MR) is 55.7 cm³/mol. The first kappa shape index (κ1) is 13.0. The molecule has 0 fully saturated rings. The van der Waals surface area contributed by atoms with Crippen LogP contribution in [0.2, 0.25) is 0 Å². The van der Waals surface area contributed by atoms with Crippen molar-refractivity contribution in [2.45, 2.75) is 13.1 Å². The molecule has 0 N–H and O–H groups in total. The standard InChI is InChI=1S/C10H8BrF3O2/c1-6(15)7-3-2-4-8(11)9(7)16-5-10(12,13)14/h2-4H,5H2,1H3. The van der Waals surface area contributed by atoms with Gasteiger partial charge in [-0.1, -0.05) is 6.07 Å².